The fourth-order valence-corrected chi connectivity index (χ4v) is 2.53. The lowest BCUT2D eigenvalue weighted by Crippen LogP contribution is -2.38. The molecule has 0 aromatic heterocycles. The summed E-state index contributed by atoms with van der Waals surface area (Å²) in [5.41, 5.74) is 0.0714. The molecule has 1 aliphatic heterocycles. The third-order valence-electron chi connectivity index (χ3n) is 2.88. The summed E-state index contributed by atoms with van der Waals surface area (Å²) >= 11 is 3.25. The van der Waals surface area contributed by atoms with E-state index in [4.69, 9.17) is 4.74 Å². The molecular weight excluding hydrogens is 275 g/mol. The molecule has 1 fully saturated rings. The smallest absolute Gasteiger partial charge is 0.124 e. The highest BCUT2D eigenvalue weighted by Gasteiger charge is 2.30. The SMILES string of the molecule is OC1(Cc2cc(F)cc(Br)c2)CCOCC1. The van der Waals surface area contributed by atoms with Crippen LogP contribution in [0.5, 0.6) is 0 Å². The molecule has 0 amide bonds. The second-order valence-corrected chi connectivity index (χ2v) is 5.21. The summed E-state index contributed by atoms with van der Waals surface area (Å²) in [6.45, 7) is 1.15. The zero-order valence-corrected chi connectivity index (χ0v) is 10.5. The van der Waals surface area contributed by atoms with Crippen molar-refractivity contribution >= 4 is 15.9 Å². The van der Waals surface area contributed by atoms with Crippen LogP contribution in [0, 0.1) is 5.82 Å². The highest BCUT2D eigenvalue weighted by molar-refractivity contribution is 9.10. The molecule has 1 aliphatic rings. The molecule has 4 heteroatoms. The molecule has 88 valence electrons. The highest BCUT2D eigenvalue weighted by Crippen LogP contribution is 2.26. The van der Waals surface area contributed by atoms with Crippen LogP contribution in [0.2, 0.25) is 0 Å². The van der Waals surface area contributed by atoms with Gasteiger partial charge < -0.3 is 9.84 Å². The summed E-state index contributed by atoms with van der Waals surface area (Å²) in [6.07, 6.45) is 1.70. The quantitative estimate of drug-likeness (QED) is 0.907. The first-order valence-electron chi connectivity index (χ1n) is 5.33. The molecule has 0 bridgehead atoms. The predicted octanol–water partition coefficient (Wildman–Crippen LogP) is 2.67. The van der Waals surface area contributed by atoms with Crippen molar-refractivity contribution in [3.8, 4) is 0 Å². The van der Waals surface area contributed by atoms with Gasteiger partial charge in [-0.25, -0.2) is 4.39 Å². The Kier molecular flexibility index (Phi) is 3.62. The molecule has 0 aliphatic carbocycles. The van der Waals surface area contributed by atoms with Gasteiger partial charge in [-0.15, -0.1) is 0 Å². The van der Waals surface area contributed by atoms with Crippen LogP contribution in [-0.2, 0) is 11.2 Å². The molecule has 0 unspecified atom stereocenters. The van der Waals surface area contributed by atoms with Crippen molar-refractivity contribution in [2.45, 2.75) is 24.9 Å². The fraction of sp³-hybridized carbons (Fsp3) is 0.500. The normalized spacial score (nSPS) is 19.7. The van der Waals surface area contributed by atoms with Crippen LogP contribution in [0.4, 0.5) is 4.39 Å². The average molecular weight is 289 g/mol. The van der Waals surface area contributed by atoms with E-state index in [9.17, 15) is 9.50 Å². The van der Waals surface area contributed by atoms with Gasteiger partial charge in [0.25, 0.3) is 0 Å². The number of halogens is 2. The van der Waals surface area contributed by atoms with Gasteiger partial charge in [-0.2, -0.15) is 0 Å². The van der Waals surface area contributed by atoms with E-state index in [1.165, 1.54) is 12.1 Å². The molecule has 0 saturated carbocycles. The van der Waals surface area contributed by atoms with Gasteiger partial charge in [-0.3, -0.25) is 0 Å². The maximum absolute atomic E-state index is 13.2. The highest BCUT2D eigenvalue weighted by atomic mass is 79.9. The van der Waals surface area contributed by atoms with Crippen LogP contribution in [0.3, 0.4) is 0 Å². The maximum atomic E-state index is 13.2. The first-order chi connectivity index (χ1) is 7.57. The Balaban J connectivity index is 2.13. The summed E-state index contributed by atoms with van der Waals surface area (Å²) in [5.74, 6) is -0.278. The maximum Gasteiger partial charge on any atom is 0.124 e. The molecule has 0 radical (unpaired) electrons. The second kappa shape index (κ2) is 4.82. The molecule has 1 saturated heterocycles. The first-order valence-corrected chi connectivity index (χ1v) is 6.12. The Morgan fingerprint density at radius 2 is 2.00 bits per heavy atom. The summed E-state index contributed by atoms with van der Waals surface area (Å²) in [5, 5.41) is 10.3. The Morgan fingerprint density at radius 3 is 2.62 bits per heavy atom. The number of aliphatic hydroxyl groups is 1. The lowest BCUT2D eigenvalue weighted by Gasteiger charge is -2.32. The van der Waals surface area contributed by atoms with Gasteiger partial charge in [0.15, 0.2) is 0 Å². The van der Waals surface area contributed by atoms with E-state index in [2.05, 4.69) is 15.9 Å². The largest absolute Gasteiger partial charge is 0.389 e. The van der Waals surface area contributed by atoms with Gasteiger partial charge in [0, 0.05) is 24.1 Å². The van der Waals surface area contributed by atoms with E-state index in [-0.39, 0.29) is 5.82 Å². The van der Waals surface area contributed by atoms with Crippen LogP contribution in [0.25, 0.3) is 0 Å². The van der Waals surface area contributed by atoms with Gasteiger partial charge in [0.1, 0.15) is 5.82 Å². The number of hydrogen-bond donors (Lipinski definition) is 1. The number of ether oxygens (including phenoxy) is 1. The fourth-order valence-electron chi connectivity index (χ4n) is 2.02. The van der Waals surface area contributed by atoms with E-state index < -0.39 is 5.60 Å². The van der Waals surface area contributed by atoms with Crippen molar-refractivity contribution in [2.24, 2.45) is 0 Å². The van der Waals surface area contributed by atoms with Crippen molar-refractivity contribution < 1.29 is 14.2 Å². The van der Waals surface area contributed by atoms with E-state index in [0.717, 1.165) is 5.56 Å². The Hall–Kier alpha value is -0.450. The molecule has 1 aromatic rings. The molecule has 0 spiro atoms. The lowest BCUT2D eigenvalue weighted by atomic mass is 9.87. The van der Waals surface area contributed by atoms with Crippen LogP contribution < -0.4 is 0 Å². The molecule has 1 heterocycles. The summed E-state index contributed by atoms with van der Waals surface area (Å²) in [7, 11) is 0. The Labute approximate surface area is 103 Å². The van der Waals surface area contributed by atoms with Crippen LogP contribution in [0.15, 0.2) is 22.7 Å². The van der Waals surface area contributed by atoms with Gasteiger partial charge in [-0.1, -0.05) is 15.9 Å². The monoisotopic (exact) mass is 288 g/mol. The van der Waals surface area contributed by atoms with Gasteiger partial charge in [0.05, 0.1) is 5.60 Å². The lowest BCUT2D eigenvalue weighted by molar-refractivity contribution is -0.0626. The zero-order valence-electron chi connectivity index (χ0n) is 8.88. The molecular formula is C12H14BrFO2. The van der Waals surface area contributed by atoms with Crippen LogP contribution in [-0.4, -0.2) is 23.9 Å². The summed E-state index contributed by atoms with van der Waals surface area (Å²) < 4.78 is 19.1. The molecule has 0 atom stereocenters. The van der Waals surface area contributed by atoms with Crippen molar-refractivity contribution in [3.63, 3.8) is 0 Å². The molecule has 1 aromatic carbocycles. The number of benzene rings is 1. The number of hydrogen-bond acceptors (Lipinski definition) is 2. The third-order valence-corrected chi connectivity index (χ3v) is 3.34. The van der Waals surface area contributed by atoms with Gasteiger partial charge in [0.2, 0.25) is 0 Å². The number of rotatable bonds is 2. The van der Waals surface area contributed by atoms with E-state index in [1.807, 2.05) is 6.07 Å². The molecule has 16 heavy (non-hydrogen) atoms. The van der Waals surface area contributed by atoms with Gasteiger partial charge in [-0.05, 0) is 36.6 Å². The topological polar surface area (TPSA) is 29.5 Å². The standard InChI is InChI=1S/C12H14BrFO2/c13-10-5-9(6-11(14)7-10)8-12(15)1-3-16-4-2-12/h5-7,15H,1-4,8H2. The van der Waals surface area contributed by atoms with Crippen molar-refractivity contribution in [2.75, 3.05) is 13.2 Å². The van der Waals surface area contributed by atoms with Crippen molar-refractivity contribution in [3.05, 3.63) is 34.1 Å². The van der Waals surface area contributed by atoms with Crippen molar-refractivity contribution in [1.29, 1.82) is 0 Å². The second-order valence-electron chi connectivity index (χ2n) is 4.29. The van der Waals surface area contributed by atoms with Crippen molar-refractivity contribution in [1.82, 2.24) is 0 Å². The third kappa shape index (κ3) is 3.03. The van der Waals surface area contributed by atoms with Crippen LogP contribution >= 0.6 is 15.9 Å². The predicted molar refractivity (Wildman–Crippen MR) is 62.8 cm³/mol. The average Bonchev–Trinajstić information content (AvgIpc) is 2.15. The minimum absolute atomic E-state index is 0.278. The van der Waals surface area contributed by atoms with Crippen LogP contribution in [0.1, 0.15) is 18.4 Å². The van der Waals surface area contributed by atoms with E-state index in [0.29, 0.717) is 36.9 Å². The molecule has 2 nitrogen and oxygen atoms in total. The Bertz CT molecular complexity index is 355. The minimum Gasteiger partial charge on any atom is -0.389 e. The minimum atomic E-state index is -0.745. The Morgan fingerprint density at radius 1 is 1.31 bits per heavy atom. The first kappa shape index (κ1) is 12.0. The summed E-state index contributed by atoms with van der Waals surface area (Å²) in [4.78, 5) is 0. The molecule has 2 rings (SSSR count). The molecule has 1 N–H and O–H groups in total. The van der Waals surface area contributed by atoms with Gasteiger partial charge >= 0.3 is 0 Å². The summed E-state index contributed by atoms with van der Waals surface area (Å²) in [6, 6.07) is 4.73. The van der Waals surface area contributed by atoms with E-state index >= 15 is 0 Å². The zero-order chi connectivity index (χ0) is 11.6. The van der Waals surface area contributed by atoms with E-state index in [1.54, 1.807) is 0 Å².